The van der Waals surface area contributed by atoms with Crippen LogP contribution in [0.2, 0.25) is 10.0 Å². The first-order valence-corrected chi connectivity index (χ1v) is 12.0. The molecule has 1 aliphatic carbocycles. The minimum Gasteiger partial charge on any atom is -0.460 e. The molecule has 0 radical (unpaired) electrons. The first kappa shape index (κ1) is 23.9. The molecule has 0 unspecified atom stereocenters. The van der Waals surface area contributed by atoms with Crippen molar-refractivity contribution in [1.29, 1.82) is 0 Å². The Hall–Kier alpha value is -3.81. The van der Waals surface area contributed by atoms with Gasteiger partial charge in [-0.05, 0) is 65.6 Å². The van der Waals surface area contributed by atoms with E-state index in [0.717, 1.165) is 22.3 Å². The van der Waals surface area contributed by atoms with Gasteiger partial charge in [0.15, 0.2) is 0 Å². The molecule has 1 aliphatic rings. The summed E-state index contributed by atoms with van der Waals surface area (Å²) in [6.07, 6.45) is 5.39. The molecule has 0 amide bonds. The Morgan fingerprint density at radius 1 is 0.972 bits per heavy atom. The zero-order valence-electron chi connectivity index (χ0n) is 19.1. The standard InChI is InChI=1S/C27H20Cl2N2O5/c1-2-35-26(33)23-10-7-19(36-23)13-31-14-22(25(32)30-27(31)34)24-20-8-5-17(28)11-15(20)3-4-16-12-18(29)6-9-21(16)24/h3-12,14,24H,2,13H2,1H3,(H,30,32,34). The van der Waals surface area contributed by atoms with Gasteiger partial charge >= 0.3 is 11.7 Å². The molecule has 0 bridgehead atoms. The Kier molecular flexibility index (Phi) is 6.43. The van der Waals surface area contributed by atoms with Gasteiger partial charge in [-0.3, -0.25) is 14.3 Å². The molecule has 182 valence electrons. The van der Waals surface area contributed by atoms with Crippen LogP contribution < -0.4 is 11.2 Å². The number of carbonyl (C=O) groups is 1. The number of carbonyl (C=O) groups excluding carboxylic acids is 1. The molecule has 0 spiro atoms. The third-order valence-corrected chi connectivity index (χ3v) is 6.45. The summed E-state index contributed by atoms with van der Waals surface area (Å²) in [5.41, 5.74) is 2.67. The quantitative estimate of drug-likeness (QED) is 0.315. The first-order chi connectivity index (χ1) is 17.3. The summed E-state index contributed by atoms with van der Waals surface area (Å²) in [4.78, 5) is 40.2. The monoisotopic (exact) mass is 522 g/mol. The summed E-state index contributed by atoms with van der Waals surface area (Å²) in [6.45, 7) is 1.92. The van der Waals surface area contributed by atoms with Crippen LogP contribution in [0.5, 0.6) is 0 Å². The minimum atomic E-state index is -0.600. The fourth-order valence-electron chi connectivity index (χ4n) is 4.38. The van der Waals surface area contributed by atoms with Crippen molar-refractivity contribution in [2.24, 2.45) is 0 Å². The lowest BCUT2D eigenvalue weighted by atomic mass is 9.83. The number of H-pyrrole nitrogens is 1. The summed E-state index contributed by atoms with van der Waals surface area (Å²) >= 11 is 12.5. The van der Waals surface area contributed by atoms with Crippen LogP contribution >= 0.6 is 23.2 Å². The molecule has 7 nitrogen and oxygen atoms in total. The van der Waals surface area contributed by atoms with Gasteiger partial charge in [0.1, 0.15) is 5.76 Å². The summed E-state index contributed by atoms with van der Waals surface area (Å²) < 4.78 is 11.9. The number of ether oxygens (including phenoxy) is 1. The number of rotatable bonds is 5. The molecule has 5 rings (SSSR count). The number of hydrogen-bond donors (Lipinski definition) is 1. The maximum absolute atomic E-state index is 13.1. The molecule has 2 heterocycles. The third kappa shape index (κ3) is 4.55. The molecule has 0 fully saturated rings. The van der Waals surface area contributed by atoms with E-state index in [-0.39, 0.29) is 18.9 Å². The van der Waals surface area contributed by atoms with Crippen LogP contribution in [0.4, 0.5) is 0 Å². The maximum Gasteiger partial charge on any atom is 0.374 e. The van der Waals surface area contributed by atoms with E-state index < -0.39 is 23.1 Å². The van der Waals surface area contributed by atoms with E-state index >= 15 is 0 Å². The fourth-order valence-corrected chi connectivity index (χ4v) is 4.74. The van der Waals surface area contributed by atoms with Crippen molar-refractivity contribution in [3.63, 3.8) is 0 Å². The third-order valence-electron chi connectivity index (χ3n) is 5.98. The number of furan rings is 1. The predicted molar refractivity (Wildman–Crippen MR) is 138 cm³/mol. The van der Waals surface area contributed by atoms with E-state index in [2.05, 4.69) is 4.98 Å². The van der Waals surface area contributed by atoms with Gasteiger partial charge in [-0.15, -0.1) is 0 Å². The zero-order chi connectivity index (χ0) is 25.4. The number of aromatic nitrogens is 2. The Balaban J connectivity index is 1.63. The largest absolute Gasteiger partial charge is 0.460 e. The second kappa shape index (κ2) is 9.68. The van der Waals surface area contributed by atoms with Crippen molar-refractivity contribution in [1.82, 2.24) is 9.55 Å². The first-order valence-electron chi connectivity index (χ1n) is 11.2. The lowest BCUT2D eigenvalue weighted by molar-refractivity contribution is 0.0488. The second-order valence-electron chi connectivity index (χ2n) is 8.27. The topological polar surface area (TPSA) is 94.3 Å². The molecule has 1 N–H and O–H groups in total. The second-order valence-corrected chi connectivity index (χ2v) is 9.14. The summed E-state index contributed by atoms with van der Waals surface area (Å²) in [5.74, 6) is -0.687. The number of hydrogen-bond acceptors (Lipinski definition) is 5. The highest BCUT2D eigenvalue weighted by Gasteiger charge is 2.27. The van der Waals surface area contributed by atoms with E-state index in [0.29, 0.717) is 21.4 Å². The van der Waals surface area contributed by atoms with Gasteiger partial charge in [0.05, 0.1) is 13.2 Å². The molecule has 2 aromatic carbocycles. The molecular weight excluding hydrogens is 503 g/mol. The van der Waals surface area contributed by atoms with Crippen molar-refractivity contribution < 1.29 is 13.9 Å². The van der Waals surface area contributed by atoms with Crippen LogP contribution in [0.3, 0.4) is 0 Å². The molecular formula is C27H20Cl2N2O5. The van der Waals surface area contributed by atoms with Gasteiger partial charge in [0.2, 0.25) is 5.76 Å². The van der Waals surface area contributed by atoms with E-state index in [1.165, 1.54) is 16.8 Å². The summed E-state index contributed by atoms with van der Waals surface area (Å²) in [6, 6.07) is 14.0. The van der Waals surface area contributed by atoms with Crippen molar-refractivity contribution in [2.45, 2.75) is 19.4 Å². The SMILES string of the molecule is CCOC(=O)c1ccc(Cn2cc(C3c4ccc(Cl)cc4C=Cc4cc(Cl)ccc43)c(=O)[nH]c2=O)o1. The lowest BCUT2D eigenvalue weighted by Gasteiger charge is -2.21. The molecule has 4 aromatic rings. The number of aromatic amines is 1. The van der Waals surface area contributed by atoms with E-state index in [1.54, 1.807) is 25.1 Å². The molecule has 0 saturated heterocycles. The van der Waals surface area contributed by atoms with Crippen LogP contribution in [0, 0.1) is 0 Å². The van der Waals surface area contributed by atoms with Gasteiger partial charge in [-0.2, -0.15) is 0 Å². The van der Waals surface area contributed by atoms with Crippen LogP contribution in [-0.4, -0.2) is 22.1 Å². The predicted octanol–water partition coefficient (Wildman–Crippen LogP) is 5.33. The Labute approximate surface area is 215 Å². The summed E-state index contributed by atoms with van der Waals surface area (Å²) in [7, 11) is 0. The molecule has 0 saturated carbocycles. The smallest absolute Gasteiger partial charge is 0.374 e. The van der Waals surface area contributed by atoms with Crippen molar-refractivity contribution in [2.75, 3.05) is 6.61 Å². The molecule has 36 heavy (non-hydrogen) atoms. The number of halogens is 2. The van der Waals surface area contributed by atoms with Crippen LogP contribution in [0.15, 0.2) is 68.7 Å². The van der Waals surface area contributed by atoms with Gasteiger partial charge in [-0.1, -0.05) is 47.5 Å². The van der Waals surface area contributed by atoms with Crippen molar-refractivity contribution >= 4 is 41.3 Å². The highest BCUT2D eigenvalue weighted by atomic mass is 35.5. The number of benzene rings is 2. The number of fused-ring (bicyclic) bond motifs is 2. The highest BCUT2D eigenvalue weighted by molar-refractivity contribution is 6.31. The van der Waals surface area contributed by atoms with E-state index in [4.69, 9.17) is 32.4 Å². The number of nitrogens with one attached hydrogen (secondary N) is 1. The van der Waals surface area contributed by atoms with Gasteiger partial charge < -0.3 is 9.15 Å². The lowest BCUT2D eigenvalue weighted by Crippen LogP contribution is -2.33. The average molecular weight is 523 g/mol. The van der Waals surface area contributed by atoms with E-state index in [9.17, 15) is 14.4 Å². The van der Waals surface area contributed by atoms with Gasteiger partial charge in [0, 0.05) is 27.7 Å². The maximum atomic E-state index is 13.1. The van der Waals surface area contributed by atoms with Crippen molar-refractivity contribution in [3.05, 3.63) is 125 Å². The average Bonchev–Trinajstić information content (AvgIpc) is 3.25. The van der Waals surface area contributed by atoms with Crippen LogP contribution in [0.25, 0.3) is 12.2 Å². The van der Waals surface area contributed by atoms with Crippen LogP contribution in [0.1, 0.15) is 57.0 Å². The molecule has 0 aliphatic heterocycles. The summed E-state index contributed by atoms with van der Waals surface area (Å²) in [5, 5.41) is 1.13. The number of esters is 1. The molecule has 2 aromatic heterocycles. The van der Waals surface area contributed by atoms with Crippen LogP contribution in [-0.2, 0) is 11.3 Å². The van der Waals surface area contributed by atoms with Crippen molar-refractivity contribution in [3.8, 4) is 0 Å². The van der Waals surface area contributed by atoms with Gasteiger partial charge in [-0.25, -0.2) is 9.59 Å². The molecule has 0 atom stereocenters. The van der Waals surface area contributed by atoms with E-state index in [1.807, 2.05) is 36.4 Å². The zero-order valence-corrected chi connectivity index (χ0v) is 20.6. The fraction of sp³-hybridized carbons (Fsp3) is 0.148. The number of nitrogens with zero attached hydrogens (tertiary/aromatic N) is 1. The Morgan fingerprint density at radius 2 is 1.61 bits per heavy atom. The molecule has 9 heteroatoms. The van der Waals surface area contributed by atoms with Gasteiger partial charge in [0.25, 0.3) is 5.56 Å². The Morgan fingerprint density at radius 3 is 2.22 bits per heavy atom. The highest BCUT2D eigenvalue weighted by Crippen LogP contribution is 2.39. The minimum absolute atomic E-state index is 0.00788. The normalized spacial score (nSPS) is 12.6. The Bertz CT molecular complexity index is 1570.